The Bertz CT molecular complexity index is 1440. The average Bonchev–Trinajstić information content (AvgIpc) is 3.23. The lowest BCUT2D eigenvalue weighted by Gasteiger charge is -2.34. The Morgan fingerprint density at radius 2 is 1.59 bits per heavy atom. The van der Waals surface area contributed by atoms with E-state index >= 15 is 0 Å². The van der Waals surface area contributed by atoms with Gasteiger partial charge in [0, 0.05) is 47.4 Å². The van der Waals surface area contributed by atoms with Gasteiger partial charge < -0.3 is 25.3 Å². The molecule has 3 unspecified atom stereocenters. The van der Waals surface area contributed by atoms with Crippen LogP contribution in [0.4, 0.5) is 5.69 Å². The monoisotopic (exact) mass is 603 g/mol. The fraction of sp³-hybridized carbons (Fsp3) is 0.296. The van der Waals surface area contributed by atoms with Gasteiger partial charge in [-0.2, -0.15) is 0 Å². The quantitative estimate of drug-likeness (QED) is 0.396. The number of carbonyl (C=O) groups excluding carboxylic acids is 1. The van der Waals surface area contributed by atoms with Gasteiger partial charge in [-0.3, -0.25) is 14.6 Å². The third-order valence-electron chi connectivity index (χ3n) is 6.67. The number of carboxylic acids is 2. The van der Waals surface area contributed by atoms with Crippen molar-refractivity contribution >= 4 is 58.3 Å². The number of aliphatic hydroxyl groups is 2. The minimum atomic E-state index is -2.27. The summed E-state index contributed by atoms with van der Waals surface area (Å²) in [7, 11) is 2.08. The minimum absolute atomic E-state index is 0.0973. The van der Waals surface area contributed by atoms with Crippen LogP contribution in [0.2, 0.25) is 10.0 Å². The number of aliphatic hydroxyl groups excluding tert-OH is 2. The van der Waals surface area contributed by atoms with E-state index < -0.39 is 30.3 Å². The number of nitrogens with zero attached hydrogens (tertiary/aromatic N) is 5. The van der Waals surface area contributed by atoms with E-state index in [0.29, 0.717) is 33.0 Å². The van der Waals surface area contributed by atoms with Gasteiger partial charge in [0.05, 0.1) is 17.1 Å². The van der Waals surface area contributed by atoms with Crippen LogP contribution in [-0.4, -0.2) is 111 Å². The molecule has 1 saturated heterocycles. The molecule has 0 spiro atoms. The van der Waals surface area contributed by atoms with Crippen LogP contribution < -0.4 is 4.90 Å². The van der Waals surface area contributed by atoms with Crippen molar-refractivity contribution in [2.45, 2.75) is 18.4 Å². The number of anilines is 1. The Kier molecular flexibility index (Phi) is 9.22. The average molecular weight is 604 g/mol. The second-order valence-electron chi connectivity index (χ2n) is 9.45. The fourth-order valence-electron chi connectivity index (χ4n) is 4.46. The smallest absolute Gasteiger partial charge is 0.335 e. The molecular weight excluding hydrogens is 577 g/mol. The van der Waals surface area contributed by atoms with Gasteiger partial charge in [0.1, 0.15) is 0 Å². The molecule has 41 heavy (non-hydrogen) atoms. The summed E-state index contributed by atoms with van der Waals surface area (Å²) in [6.07, 6.45) is -5.10. The molecule has 0 saturated carbocycles. The third-order valence-corrected chi connectivity index (χ3v) is 7.24. The summed E-state index contributed by atoms with van der Waals surface area (Å²) in [4.78, 5) is 48.7. The predicted octanol–water partition coefficient (Wildman–Crippen LogP) is 1.55. The molecule has 0 bridgehead atoms. The topological polar surface area (TPSA) is 167 Å². The number of amidine groups is 1. The molecule has 3 heterocycles. The number of halogens is 2. The van der Waals surface area contributed by atoms with Crippen molar-refractivity contribution in [1.82, 2.24) is 9.80 Å². The molecule has 0 radical (unpaired) electrons. The molecule has 4 N–H and O–H groups in total. The van der Waals surface area contributed by atoms with Crippen molar-refractivity contribution in [3.8, 4) is 0 Å². The van der Waals surface area contributed by atoms with Crippen molar-refractivity contribution in [3.05, 3.63) is 75.9 Å². The number of aliphatic imine (C=N–C) groups is 2. The lowest BCUT2D eigenvalue weighted by Crippen LogP contribution is -2.52. The SMILES string of the molecule is C=C1N=C(c2ccccc2Cl)c2cc(Cl)ccc2N2C(=O)C(N3CCN(C)CC3)N=C12.O=C(O)C(O)C(O)C(=O)O. The van der Waals surface area contributed by atoms with Crippen molar-refractivity contribution < 1.29 is 34.8 Å². The first-order valence-corrected chi connectivity index (χ1v) is 13.1. The maximum Gasteiger partial charge on any atom is 0.335 e. The van der Waals surface area contributed by atoms with Crippen LogP contribution in [0.25, 0.3) is 0 Å². The van der Waals surface area contributed by atoms with Gasteiger partial charge >= 0.3 is 11.9 Å². The number of hydrogen-bond acceptors (Lipinski definition) is 9. The zero-order valence-electron chi connectivity index (χ0n) is 21.8. The Balaban J connectivity index is 0.000000334. The second kappa shape index (κ2) is 12.5. The van der Waals surface area contributed by atoms with E-state index in [9.17, 15) is 14.4 Å². The van der Waals surface area contributed by atoms with E-state index in [1.807, 2.05) is 36.4 Å². The molecule has 3 atom stereocenters. The summed E-state index contributed by atoms with van der Waals surface area (Å²) in [6.45, 7) is 7.50. The normalized spacial score (nSPS) is 20.5. The van der Waals surface area contributed by atoms with Crippen molar-refractivity contribution in [3.63, 3.8) is 0 Å². The highest BCUT2D eigenvalue weighted by molar-refractivity contribution is 6.39. The van der Waals surface area contributed by atoms with Gasteiger partial charge in [0.2, 0.25) is 0 Å². The van der Waals surface area contributed by atoms with Crippen LogP contribution in [0.1, 0.15) is 11.1 Å². The molecule has 2 aromatic rings. The number of carboxylic acid groups (broad SMARTS) is 2. The molecule has 216 valence electrons. The van der Waals surface area contributed by atoms with Crippen LogP contribution in [0.15, 0.2) is 64.7 Å². The highest BCUT2D eigenvalue weighted by Gasteiger charge is 2.43. The summed E-state index contributed by atoms with van der Waals surface area (Å²) in [5, 5.41) is 33.6. The fourth-order valence-corrected chi connectivity index (χ4v) is 4.85. The summed E-state index contributed by atoms with van der Waals surface area (Å²) in [5.74, 6) is -3.16. The van der Waals surface area contributed by atoms with E-state index in [1.165, 1.54) is 0 Å². The van der Waals surface area contributed by atoms with Crippen LogP contribution in [-0.2, 0) is 14.4 Å². The lowest BCUT2D eigenvalue weighted by molar-refractivity contribution is -0.165. The Morgan fingerprint density at radius 3 is 2.17 bits per heavy atom. The summed E-state index contributed by atoms with van der Waals surface area (Å²) in [5.41, 5.74) is 3.20. The molecule has 12 nitrogen and oxygen atoms in total. The van der Waals surface area contributed by atoms with E-state index in [-0.39, 0.29) is 5.91 Å². The number of aliphatic carboxylic acids is 2. The van der Waals surface area contributed by atoms with Gasteiger partial charge in [-0.25, -0.2) is 19.6 Å². The minimum Gasteiger partial charge on any atom is -0.479 e. The summed E-state index contributed by atoms with van der Waals surface area (Å²) < 4.78 is 0. The van der Waals surface area contributed by atoms with E-state index in [1.54, 1.807) is 11.0 Å². The Hall–Kier alpha value is -3.65. The predicted molar refractivity (Wildman–Crippen MR) is 153 cm³/mol. The van der Waals surface area contributed by atoms with Gasteiger partial charge in [0.15, 0.2) is 24.2 Å². The molecule has 3 aliphatic heterocycles. The van der Waals surface area contributed by atoms with Crippen LogP contribution in [0.5, 0.6) is 0 Å². The molecule has 0 aromatic heterocycles. The van der Waals surface area contributed by atoms with E-state index in [0.717, 1.165) is 37.3 Å². The number of rotatable bonds is 5. The molecule has 0 aliphatic carbocycles. The first kappa shape index (κ1) is 30.3. The van der Waals surface area contributed by atoms with Gasteiger partial charge in [-0.05, 0) is 31.3 Å². The van der Waals surface area contributed by atoms with Crippen LogP contribution in [0, 0.1) is 0 Å². The lowest BCUT2D eigenvalue weighted by atomic mass is 10.00. The number of piperazine rings is 1. The standard InChI is InChI=1S/C23H21Cl2N5O.C4H6O6/c1-14-21-27-22(29-11-9-28(2)10-12-29)23(31)30(21)19-8-7-15(24)13-17(19)20(26-14)16-5-3-4-6-18(16)25;5-1(3(7)8)2(6)4(9)10/h3-8,13,22H,1,9-12H2,2H3;1-2,5-6H,(H,7,8)(H,9,10). The maximum atomic E-state index is 13.6. The van der Waals surface area contributed by atoms with Crippen molar-refractivity contribution in [1.29, 1.82) is 0 Å². The van der Waals surface area contributed by atoms with Crippen LogP contribution in [0.3, 0.4) is 0 Å². The van der Waals surface area contributed by atoms with Gasteiger partial charge in [-0.1, -0.05) is 48.0 Å². The largest absolute Gasteiger partial charge is 0.479 e. The maximum absolute atomic E-state index is 13.6. The summed E-state index contributed by atoms with van der Waals surface area (Å²) in [6, 6.07) is 12.9. The van der Waals surface area contributed by atoms with Gasteiger partial charge in [0.25, 0.3) is 5.91 Å². The summed E-state index contributed by atoms with van der Waals surface area (Å²) >= 11 is 12.8. The zero-order valence-corrected chi connectivity index (χ0v) is 23.3. The molecule has 1 amide bonds. The molecule has 5 rings (SSSR count). The van der Waals surface area contributed by atoms with Crippen molar-refractivity contribution in [2.24, 2.45) is 9.98 Å². The number of benzene rings is 2. The van der Waals surface area contributed by atoms with Gasteiger partial charge in [-0.15, -0.1) is 0 Å². The Morgan fingerprint density at radius 1 is 0.976 bits per heavy atom. The molecule has 3 aliphatic rings. The number of likely N-dealkylation sites (N-methyl/N-ethyl adjacent to an activating group) is 1. The van der Waals surface area contributed by atoms with Crippen LogP contribution >= 0.6 is 23.2 Å². The third kappa shape index (κ3) is 6.32. The highest BCUT2D eigenvalue weighted by atomic mass is 35.5. The molecule has 1 fully saturated rings. The number of amides is 1. The zero-order chi connectivity index (χ0) is 30.0. The first-order chi connectivity index (χ1) is 19.4. The number of carbonyl (C=O) groups is 3. The van der Waals surface area contributed by atoms with E-state index in [2.05, 4.69) is 23.4 Å². The molecule has 2 aromatic carbocycles. The number of fused-ring (bicyclic) bond motifs is 3. The first-order valence-electron chi connectivity index (χ1n) is 12.4. The Labute approximate surface area is 245 Å². The van der Waals surface area contributed by atoms with Crippen molar-refractivity contribution in [2.75, 3.05) is 38.1 Å². The molecule has 14 heteroatoms. The second-order valence-corrected chi connectivity index (χ2v) is 10.3. The molecular formula is C27H27Cl2N5O7. The number of hydrogen-bond donors (Lipinski definition) is 4. The highest BCUT2D eigenvalue weighted by Crippen LogP contribution is 2.36. The van der Waals surface area contributed by atoms with E-state index in [4.69, 9.17) is 53.6 Å².